The van der Waals surface area contributed by atoms with Gasteiger partial charge in [-0.2, -0.15) is 0 Å². The van der Waals surface area contributed by atoms with Crippen molar-refractivity contribution in [3.63, 3.8) is 0 Å². The Labute approximate surface area is 191 Å². The Morgan fingerprint density at radius 2 is 2.03 bits per heavy atom. The Kier molecular flexibility index (Phi) is 5.89. The standard InChI is InChI=1S/C22H20BrIN4O/c1-25-7-8-28(2)22(29)17-11-21(27-20-6-4-14(24)10-16(17)20)18-12-26-19-5-3-13(23)9-15(18)19/h3-6,9-12,25-26H,7-8H2,1-2H3. The average Bonchev–Trinajstić information content (AvgIpc) is 3.13. The molecule has 7 heteroatoms. The van der Waals surface area contributed by atoms with Crippen LogP contribution < -0.4 is 5.32 Å². The molecule has 4 rings (SSSR count). The molecule has 0 bridgehead atoms. The summed E-state index contributed by atoms with van der Waals surface area (Å²) < 4.78 is 2.08. The second kappa shape index (κ2) is 8.41. The van der Waals surface area contributed by atoms with Crippen LogP contribution in [0, 0.1) is 3.57 Å². The van der Waals surface area contributed by atoms with Gasteiger partial charge in [0.25, 0.3) is 5.91 Å². The monoisotopic (exact) mass is 562 g/mol. The van der Waals surface area contributed by atoms with Gasteiger partial charge in [-0.1, -0.05) is 15.9 Å². The number of carbonyl (C=O) groups excluding carboxylic acids is 1. The quantitative estimate of drug-likeness (QED) is 0.335. The molecule has 29 heavy (non-hydrogen) atoms. The summed E-state index contributed by atoms with van der Waals surface area (Å²) in [7, 11) is 3.72. The number of rotatable bonds is 5. The van der Waals surface area contributed by atoms with Crippen LogP contribution >= 0.6 is 38.5 Å². The van der Waals surface area contributed by atoms with Crippen molar-refractivity contribution in [2.45, 2.75) is 0 Å². The normalized spacial score (nSPS) is 11.3. The molecule has 0 spiro atoms. The first-order valence-corrected chi connectivity index (χ1v) is 11.1. The van der Waals surface area contributed by atoms with E-state index in [0.29, 0.717) is 12.1 Å². The number of amides is 1. The summed E-state index contributed by atoms with van der Waals surface area (Å²) >= 11 is 5.82. The third kappa shape index (κ3) is 4.04. The van der Waals surface area contributed by atoms with E-state index in [2.05, 4.69) is 54.9 Å². The largest absolute Gasteiger partial charge is 0.360 e. The third-order valence-electron chi connectivity index (χ3n) is 4.96. The molecule has 2 aromatic heterocycles. The Hall–Kier alpha value is -1.97. The zero-order chi connectivity index (χ0) is 20.5. The number of nitrogens with zero attached hydrogens (tertiary/aromatic N) is 2. The number of benzene rings is 2. The van der Waals surface area contributed by atoms with Gasteiger partial charge in [0.2, 0.25) is 0 Å². The first-order chi connectivity index (χ1) is 14.0. The predicted octanol–water partition coefficient (Wildman–Crippen LogP) is 5.04. The molecule has 0 atom stereocenters. The maximum absolute atomic E-state index is 13.3. The SMILES string of the molecule is CNCCN(C)C(=O)c1cc(-c2c[nH]c3ccc(Br)cc23)nc2ccc(I)cc12. The summed E-state index contributed by atoms with van der Waals surface area (Å²) in [4.78, 5) is 23.2. The van der Waals surface area contributed by atoms with Gasteiger partial charge in [-0.05, 0) is 72.1 Å². The van der Waals surface area contributed by atoms with Gasteiger partial charge >= 0.3 is 0 Å². The van der Waals surface area contributed by atoms with E-state index in [1.807, 2.05) is 56.7 Å². The first-order valence-electron chi connectivity index (χ1n) is 9.25. The van der Waals surface area contributed by atoms with Crippen LogP contribution in [-0.4, -0.2) is 48.0 Å². The first kappa shape index (κ1) is 20.3. The number of fused-ring (bicyclic) bond motifs is 2. The van der Waals surface area contributed by atoms with Gasteiger partial charge in [0.05, 0.1) is 16.8 Å². The lowest BCUT2D eigenvalue weighted by Crippen LogP contribution is -2.33. The fourth-order valence-corrected chi connectivity index (χ4v) is 4.26. The maximum Gasteiger partial charge on any atom is 0.254 e. The van der Waals surface area contributed by atoms with Crippen molar-refractivity contribution >= 4 is 66.2 Å². The molecule has 0 saturated heterocycles. The molecular weight excluding hydrogens is 543 g/mol. The van der Waals surface area contributed by atoms with Crippen molar-refractivity contribution in [1.29, 1.82) is 0 Å². The fraction of sp³-hybridized carbons (Fsp3) is 0.182. The highest BCUT2D eigenvalue weighted by molar-refractivity contribution is 14.1. The van der Waals surface area contributed by atoms with E-state index in [1.54, 1.807) is 4.90 Å². The van der Waals surface area contributed by atoms with E-state index in [-0.39, 0.29) is 5.91 Å². The highest BCUT2D eigenvalue weighted by atomic mass is 127. The lowest BCUT2D eigenvalue weighted by Gasteiger charge is -2.18. The topological polar surface area (TPSA) is 61.0 Å². The second-order valence-electron chi connectivity index (χ2n) is 6.94. The minimum atomic E-state index is -0.00285. The number of halogens is 2. The maximum atomic E-state index is 13.3. The van der Waals surface area contributed by atoms with Crippen LogP contribution in [0.5, 0.6) is 0 Å². The van der Waals surface area contributed by atoms with Crippen LogP contribution in [0.25, 0.3) is 33.1 Å². The van der Waals surface area contributed by atoms with E-state index >= 15 is 0 Å². The highest BCUT2D eigenvalue weighted by Crippen LogP contribution is 2.32. The average molecular weight is 563 g/mol. The number of hydrogen-bond acceptors (Lipinski definition) is 3. The van der Waals surface area contributed by atoms with Gasteiger partial charge in [-0.3, -0.25) is 4.79 Å². The summed E-state index contributed by atoms with van der Waals surface area (Å²) in [5, 5.41) is 5.04. The minimum Gasteiger partial charge on any atom is -0.360 e. The van der Waals surface area contributed by atoms with Crippen LogP contribution in [0.2, 0.25) is 0 Å². The Balaban J connectivity index is 1.91. The molecule has 2 aromatic carbocycles. The molecule has 0 aliphatic heterocycles. The molecule has 0 aliphatic carbocycles. The smallest absolute Gasteiger partial charge is 0.254 e. The van der Waals surface area contributed by atoms with Gasteiger partial charge in [-0.15, -0.1) is 0 Å². The number of likely N-dealkylation sites (N-methyl/N-ethyl adjacent to an activating group) is 2. The molecule has 2 heterocycles. The number of pyridine rings is 1. The van der Waals surface area contributed by atoms with Crippen molar-refractivity contribution < 1.29 is 4.79 Å². The van der Waals surface area contributed by atoms with Crippen LogP contribution in [-0.2, 0) is 0 Å². The Morgan fingerprint density at radius 1 is 1.21 bits per heavy atom. The number of H-pyrrole nitrogens is 1. The van der Waals surface area contributed by atoms with E-state index in [1.165, 1.54) is 0 Å². The third-order valence-corrected chi connectivity index (χ3v) is 6.13. The molecule has 0 aliphatic rings. The molecule has 4 aromatic rings. The molecular formula is C22H20BrIN4O. The van der Waals surface area contributed by atoms with Gasteiger partial charge in [0.1, 0.15) is 0 Å². The molecule has 0 unspecified atom stereocenters. The van der Waals surface area contributed by atoms with Gasteiger partial charge < -0.3 is 15.2 Å². The lowest BCUT2D eigenvalue weighted by atomic mass is 10.0. The minimum absolute atomic E-state index is 0.00285. The molecule has 0 radical (unpaired) electrons. The van der Waals surface area contributed by atoms with E-state index in [4.69, 9.17) is 4.98 Å². The Bertz CT molecular complexity index is 1220. The summed E-state index contributed by atoms with van der Waals surface area (Å²) in [5.74, 6) is -0.00285. The molecule has 0 saturated carbocycles. The van der Waals surface area contributed by atoms with Gasteiger partial charge in [0, 0.05) is 56.2 Å². The predicted molar refractivity (Wildman–Crippen MR) is 130 cm³/mol. The zero-order valence-electron chi connectivity index (χ0n) is 16.1. The molecule has 148 valence electrons. The second-order valence-corrected chi connectivity index (χ2v) is 9.10. The van der Waals surface area contributed by atoms with Crippen molar-refractivity contribution in [1.82, 2.24) is 20.2 Å². The molecule has 0 fully saturated rings. The molecule has 2 N–H and O–H groups in total. The number of aromatic nitrogens is 2. The van der Waals surface area contributed by atoms with E-state index in [0.717, 1.165) is 47.7 Å². The summed E-state index contributed by atoms with van der Waals surface area (Å²) in [6, 6.07) is 14.0. The highest BCUT2D eigenvalue weighted by Gasteiger charge is 2.19. The van der Waals surface area contributed by atoms with Gasteiger partial charge in [0.15, 0.2) is 0 Å². The van der Waals surface area contributed by atoms with Crippen molar-refractivity contribution in [2.75, 3.05) is 27.2 Å². The Morgan fingerprint density at radius 3 is 2.83 bits per heavy atom. The van der Waals surface area contributed by atoms with Crippen molar-refractivity contribution in [2.24, 2.45) is 0 Å². The molecule has 5 nitrogen and oxygen atoms in total. The number of hydrogen-bond donors (Lipinski definition) is 2. The van der Waals surface area contributed by atoms with E-state index < -0.39 is 0 Å². The zero-order valence-corrected chi connectivity index (χ0v) is 19.8. The molecule has 1 amide bonds. The van der Waals surface area contributed by atoms with Crippen molar-refractivity contribution in [3.8, 4) is 11.3 Å². The summed E-state index contributed by atoms with van der Waals surface area (Å²) in [6.45, 7) is 1.38. The lowest BCUT2D eigenvalue weighted by molar-refractivity contribution is 0.0799. The van der Waals surface area contributed by atoms with Crippen LogP contribution in [0.1, 0.15) is 10.4 Å². The van der Waals surface area contributed by atoms with Crippen LogP contribution in [0.4, 0.5) is 0 Å². The van der Waals surface area contributed by atoms with Crippen LogP contribution in [0.3, 0.4) is 0 Å². The summed E-state index contributed by atoms with van der Waals surface area (Å²) in [6.07, 6.45) is 1.96. The summed E-state index contributed by atoms with van der Waals surface area (Å²) in [5.41, 5.74) is 4.29. The van der Waals surface area contributed by atoms with Crippen molar-refractivity contribution in [3.05, 3.63) is 62.3 Å². The number of aromatic amines is 1. The number of carbonyl (C=O) groups is 1. The van der Waals surface area contributed by atoms with E-state index in [9.17, 15) is 4.79 Å². The van der Waals surface area contributed by atoms with Crippen LogP contribution in [0.15, 0.2) is 53.1 Å². The van der Waals surface area contributed by atoms with Gasteiger partial charge in [-0.25, -0.2) is 4.98 Å². The number of nitrogens with one attached hydrogen (secondary N) is 2. The fourth-order valence-electron chi connectivity index (χ4n) is 3.40.